The van der Waals surface area contributed by atoms with Crippen LogP contribution in [-0.4, -0.2) is 36.8 Å². The largest absolute Gasteiger partial charge is 0.469 e. The molecule has 0 spiro atoms. The number of rotatable bonds is 2. The molecule has 0 unspecified atom stereocenters. The fourth-order valence-corrected chi connectivity index (χ4v) is 3.42. The van der Waals surface area contributed by atoms with E-state index in [1.54, 1.807) is 0 Å². The summed E-state index contributed by atoms with van der Waals surface area (Å²) in [5.41, 5.74) is 1.16. The molecule has 98 valence electrons. The average Bonchev–Trinajstić information content (AvgIpc) is 2.79. The number of esters is 2. The summed E-state index contributed by atoms with van der Waals surface area (Å²) in [6.45, 7) is 7.68. The van der Waals surface area contributed by atoms with Gasteiger partial charge in [0, 0.05) is 0 Å². The molecule has 0 N–H and O–H groups in total. The van der Waals surface area contributed by atoms with Gasteiger partial charge >= 0.3 is 11.9 Å². The number of hydrogen-bond acceptors (Lipinski definition) is 5. The lowest BCUT2D eigenvalue weighted by Gasteiger charge is -2.31. The second-order valence-electron chi connectivity index (χ2n) is 4.24. The minimum Gasteiger partial charge on any atom is -0.469 e. The Morgan fingerprint density at radius 2 is 1.83 bits per heavy atom. The molecule has 0 aromatic heterocycles. The summed E-state index contributed by atoms with van der Waals surface area (Å²) < 4.78 is 14.0. The van der Waals surface area contributed by atoms with Crippen LogP contribution in [0.15, 0.2) is 24.3 Å². The molecule has 2 saturated heterocycles. The van der Waals surface area contributed by atoms with E-state index in [0.29, 0.717) is 11.1 Å². The van der Waals surface area contributed by atoms with E-state index in [1.165, 1.54) is 14.2 Å². The highest BCUT2D eigenvalue weighted by molar-refractivity contribution is 9.10. The molecule has 0 aliphatic carbocycles. The maximum Gasteiger partial charge on any atom is 0.313 e. The fourth-order valence-electron chi connectivity index (χ4n) is 2.50. The Kier molecular flexibility index (Phi) is 3.11. The van der Waals surface area contributed by atoms with Gasteiger partial charge in [-0.2, -0.15) is 0 Å². The molecule has 2 rings (SSSR count). The van der Waals surface area contributed by atoms with Gasteiger partial charge in [0.1, 0.15) is 11.8 Å². The van der Waals surface area contributed by atoms with Gasteiger partial charge in [-0.1, -0.05) is 13.2 Å². The number of carbonyl (C=O) groups excluding carboxylic acids is 2. The monoisotopic (exact) mass is 316 g/mol. The van der Waals surface area contributed by atoms with Gasteiger partial charge in [-0.25, -0.2) is 0 Å². The lowest BCUT2D eigenvalue weighted by Crippen LogP contribution is -2.44. The summed E-state index contributed by atoms with van der Waals surface area (Å²) in [7, 11) is 2.53. The van der Waals surface area contributed by atoms with E-state index in [0.717, 1.165) is 0 Å². The Bertz CT molecular complexity index is 457. The number of methoxy groups -OCH3 is 2. The fraction of sp³-hybridized carbons (Fsp3) is 0.500. The Balaban J connectivity index is 2.47. The molecule has 0 aromatic carbocycles. The predicted molar refractivity (Wildman–Crippen MR) is 65.8 cm³/mol. The first-order chi connectivity index (χ1) is 8.38. The second-order valence-corrected chi connectivity index (χ2v) is 5.42. The molecule has 5 nitrogen and oxygen atoms in total. The Morgan fingerprint density at radius 1 is 1.28 bits per heavy atom. The molecule has 6 heteroatoms. The van der Waals surface area contributed by atoms with E-state index in [2.05, 4.69) is 29.1 Å². The van der Waals surface area contributed by atoms with Crippen LogP contribution < -0.4 is 0 Å². The van der Waals surface area contributed by atoms with Crippen molar-refractivity contribution in [3.05, 3.63) is 24.3 Å². The highest BCUT2D eigenvalue weighted by atomic mass is 79.9. The quantitative estimate of drug-likeness (QED) is 0.565. The van der Waals surface area contributed by atoms with Gasteiger partial charge in [0.05, 0.1) is 20.3 Å². The minimum atomic E-state index is -1.12. The number of ether oxygens (including phenoxy) is 3. The first-order valence-corrected chi connectivity index (χ1v) is 6.08. The van der Waals surface area contributed by atoms with Crippen molar-refractivity contribution < 1.29 is 23.8 Å². The van der Waals surface area contributed by atoms with Crippen LogP contribution in [0.2, 0.25) is 0 Å². The molecule has 0 amide bonds. The van der Waals surface area contributed by atoms with Crippen molar-refractivity contribution in [2.24, 2.45) is 11.8 Å². The molecule has 2 bridgehead atoms. The second kappa shape index (κ2) is 4.20. The van der Waals surface area contributed by atoms with Gasteiger partial charge in [-0.05, 0) is 27.1 Å². The minimum absolute atomic E-state index is 0.523. The number of fused-ring (bicyclic) bond motifs is 2. The van der Waals surface area contributed by atoms with E-state index in [4.69, 9.17) is 14.2 Å². The maximum atomic E-state index is 11.9. The first kappa shape index (κ1) is 13.3. The number of hydrogen-bond donors (Lipinski definition) is 0. The van der Waals surface area contributed by atoms with Crippen molar-refractivity contribution in [1.82, 2.24) is 0 Å². The third-order valence-corrected chi connectivity index (χ3v) is 4.61. The lowest BCUT2D eigenvalue weighted by atomic mass is 9.75. The summed E-state index contributed by atoms with van der Waals surface area (Å²) in [5, 5.41) is 0. The highest BCUT2D eigenvalue weighted by Gasteiger charge is 2.68. The SMILES string of the molecule is C=C1C(=C)[C@]2(Br)O[C@H]1[C@@H](C(=O)OC)[C@@H]2C(=O)OC. The van der Waals surface area contributed by atoms with E-state index in [9.17, 15) is 9.59 Å². The molecule has 4 atom stereocenters. The maximum absolute atomic E-state index is 11.9. The van der Waals surface area contributed by atoms with Crippen LogP contribution >= 0.6 is 15.9 Å². The first-order valence-electron chi connectivity index (χ1n) is 5.29. The zero-order chi connectivity index (χ0) is 13.7. The van der Waals surface area contributed by atoms with Crippen molar-refractivity contribution in [3.63, 3.8) is 0 Å². The van der Waals surface area contributed by atoms with Crippen LogP contribution in [0.25, 0.3) is 0 Å². The van der Waals surface area contributed by atoms with Gasteiger partial charge in [0.2, 0.25) is 0 Å². The Hall–Kier alpha value is -1.14. The molecule has 0 aromatic rings. The van der Waals surface area contributed by atoms with Crippen LogP contribution in [0.1, 0.15) is 0 Å². The summed E-state index contributed by atoms with van der Waals surface area (Å²) in [5.74, 6) is -2.65. The van der Waals surface area contributed by atoms with Crippen molar-refractivity contribution in [1.29, 1.82) is 0 Å². The average molecular weight is 317 g/mol. The zero-order valence-corrected chi connectivity index (χ0v) is 11.7. The van der Waals surface area contributed by atoms with Gasteiger partial charge < -0.3 is 14.2 Å². The van der Waals surface area contributed by atoms with Crippen LogP contribution in [0.4, 0.5) is 0 Å². The Morgan fingerprint density at radius 3 is 2.33 bits per heavy atom. The third kappa shape index (κ3) is 1.48. The van der Waals surface area contributed by atoms with Crippen LogP contribution in [-0.2, 0) is 23.8 Å². The highest BCUT2D eigenvalue weighted by Crippen LogP contribution is 2.59. The summed E-state index contributed by atoms with van der Waals surface area (Å²) >= 11 is 3.35. The normalized spacial score (nSPS) is 37.8. The number of alkyl halides is 1. The van der Waals surface area contributed by atoms with Crippen molar-refractivity contribution in [3.8, 4) is 0 Å². The molecule has 2 heterocycles. The van der Waals surface area contributed by atoms with E-state index in [1.807, 2.05) is 0 Å². The molecule has 2 fully saturated rings. The number of halogens is 1. The molecule has 0 radical (unpaired) electrons. The van der Waals surface area contributed by atoms with Gasteiger partial charge in [-0.3, -0.25) is 9.59 Å². The van der Waals surface area contributed by atoms with Crippen LogP contribution in [0.5, 0.6) is 0 Å². The molecule has 2 aliphatic rings. The van der Waals surface area contributed by atoms with E-state index >= 15 is 0 Å². The molecule has 18 heavy (non-hydrogen) atoms. The number of carbonyl (C=O) groups is 2. The molecule has 2 aliphatic heterocycles. The van der Waals surface area contributed by atoms with Gasteiger partial charge in [0.15, 0.2) is 4.51 Å². The summed E-state index contributed by atoms with van der Waals surface area (Å²) in [6.07, 6.45) is -0.603. The van der Waals surface area contributed by atoms with Gasteiger partial charge in [-0.15, -0.1) is 0 Å². The van der Waals surface area contributed by atoms with Gasteiger partial charge in [0.25, 0.3) is 0 Å². The standard InChI is InChI=1S/C12H13BrO5/c1-5-6(2)12(13)8(11(15)17-4)7(9(5)18-12)10(14)16-3/h7-9H,1-2H2,3-4H3/t7-,8+,9+,12-/m0/s1. The molecular weight excluding hydrogens is 304 g/mol. The zero-order valence-electron chi connectivity index (χ0n) is 10.1. The third-order valence-electron chi connectivity index (χ3n) is 3.45. The van der Waals surface area contributed by atoms with E-state index in [-0.39, 0.29) is 0 Å². The van der Waals surface area contributed by atoms with Crippen molar-refractivity contribution in [2.45, 2.75) is 10.6 Å². The molecular formula is C12H13BrO5. The topological polar surface area (TPSA) is 61.8 Å². The predicted octanol–water partition coefficient (Wildman–Crippen LogP) is 1.18. The van der Waals surface area contributed by atoms with Crippen LogP contribution in [0, 0.1) is 11.8 Å². The smallest absolute Gasteiger partial charge is 0.313 e. The lowest BCUT2D eigenvalue weighted by molar-refractivity contribution is -0.157. The van der Waals surface area contributed by atoms with Crippen molar-refractivity contribution in [2.75, 3.05) is 14.2 Å². The molecule has 0 saturated carbocycles. The summed E-state index contributed by atoms with van der Waals surface area (Å²) in [6, 6.07) is 0. The van der Waals surface area contributed by atoms with E-state index < -0.39 is 34.4 Å². The van der Waals surface area contributed by atoms with Crippen LogP contribution in [0.3, 0.4) is 0 Å². The van der Waals surface area contributed by atoms with Crippen molar-refractivity contribution >= 4 is 27.9 Å². The Labute approximate surface area is 113 Å². The summed E-state index contributed by atoms with van der Waals surface area (Å²) in [4.78, 5) is 23.7.